The smallest absolute Gasteiger partial charge is 0.205 e. The van der Waals surface area contributed by atoms with Gasteiger partial charge in [-0.25, -0.2) is 0 Å². The predicted molar refractivity (Wildman–Crippen MR) is 109 cm³/mol. The zero-order chi connectivity index (χ0) is 18.5. The fourth-order valence-corrected chi connectivity index (χ4v) is 3.60. The summed E-state index contributed by atoms with van der Waals surface area (Å²) in [5.74, 6) is 2.96. The second-order valence-electron chi connectivity index (χ2n) is 5.61. The van der Waals surface area contributed by atoms with Gasteiger partial charge in [0, 0.05) is 15.9 Å². The van der Waals surface area contributed by atoms with E-state index in [1.807, 2.05) is 71.3 Å². The summed E-state index contributed by atoms with van der Waals surface area (Å²) in [7, 11) is 0. The quantitative estimate of drug-likeness (QED) is 0.281. The molecule has 0 aliphatic carbocycles. The van der Waals surface area contributed by atoms with E-state index in [1.54, 1.807) is 18.0 Å². The summed E-state index contributed by atoms with van der Waals surface area (Å²) in [6, 6.07) is 21.6. The highest BCUT2D eigenvalue weighted by Crippen LogP contribution is 2.28. The minimum Gasteiger partial charge on any atom is -0.493 e. The third-order valence-electron chi connectivity index (χ3n) is 3.79. The van der Waals surface area contributed by atoms with Gasteiger partial charge in [-0.2, -0.15) is 0 Å². The summed E-state index contributed by atoms with van der Waals surface area (Å²) in [5.41, 5.74) is 0.991. The van der Waals surface area contributed by atoms with Crippen LogP contribution in [0.4, 0.5) is 0 Å². The van der Waals surface area contributed by atoms with E-state index in [1.165, 1.54) is 0 Å². The van der Waals surface area contributed by atoms with Crippen molar-refractivity contribution in [3.63, 3.8) is 0 Å². The number of ether oxygens (including phenoxy) is 1. The first kappa shape index (κ1) is 17.9. The lowest BCUT2D eigenvalue weighted by atomic mass is 10.3. The third kappa shape index (κ3) is 4.26. The molecule has 0 N–H and O–H groups in total. The summed E-state index contributed by atoms with van der Waals surface area (Å²) in [6.07, 6.45) is 1.64. The van der Waals surface area contributed by atoms with E-state index in [0.29, 0.717) is 18.2 Å². The van der Waals surface area contributed by atoms with Gasteiger partial charge in [0.05, 0.1) is 12.9 Å². The maximum absolute atomic E-state index is 5.79. The molecule has 0 spiro atoms. The Bertz CT molecular complexity index is 986. The van der Waals surface area contributed by atoms with E-state index in [0.717, 1.165) is 26.8 Å². The Morgan fingerprint density at radius 2 is 1.78 bits per heavy atom. The maximum Gasteiger partial charge on any atom is 0.205 e. The molecule has 136 valence electrons. The number of para-hydroxylation sites is 1. The van der Waals surface area contributed by atoms with Crippen molar-refractivity contribution in [2.45, 2.75) is 5.16 Å². The lowest BCUT2D eigenvalue weighted by molar-refractivity contribution is 0.344. The molecule has 5 nitrogen and oxygen atoms in total. The lowest BCUT2D eigenvalue weighted by Gasteiger charge is -2.09. The van der Waals surface area contributed by atoms with Gasteiger partial charge in [0.1, 0.15) is 5.75 Å². The molecule has 0 amide bonds. The van der Waals surface area contributed by atoms with Crippen LogP contribution in [0.5, 0.6) is 5.75 Å². The Hall–Kier alpha value is -2.51. The van der Waals surface area contributed by atoms with E-state index in [4.69, 9.17) is 9.15 Å². The monoisotopic (exact) mass is 441 g/mol. The highest BCUT2D eigenvalue weighted by molar-refractivity contribution is 9.10. The van der Waals surface area contributed by atoms with Crippen LogP contribution >= 0.6 is 27.7 Å². The molecule has 0 radical (unpaired) electrons. The van der Waals surface area contributed by atoms with Crippen LogP contribution < -0.4 is 4.74 Å². The van der Waals surface area contributed by atoms with Gasteiger partial charge in [0.2, 0.25) is 5.82 Å². The van der Waals surface area contributed by atoms with Crippen LogP contribution in [0.2, 0.25) is 0 Å². The molecule has 7 heteroatoms. The molecule has 2 aromatic heterocycles. The molecule has 0 bridgehead atoms. The van der Waals surface area contributed by atoms with Gasteiger partial charge in [-0.3, -0.25) is 4.57 Å². The first-order valence-electron chi connectivity index (χ1n) is 8.37. The van der Waals surface area contributed by atoms with Gasteiger partial charge >= 0.3 is 0 Å². The van der Waals surface area contributed by atoms with Crippen molar-refractivity contribution >= 4 is 27.7 Å². The van der Waals surface area contributed by atoms with Crippen molar-refractivity contribution < 1.29 is 9.15 Å². The van der Waals surface area contributed by atoms with E-state index in [-0.39, 0.29) is 0 Å². The molecule has 4 rings (SSSR count). The normalized spacial score (nSPS) is 10.9. The Morgan fingerprint density at radius 3 is 2.52 bits per heavy atom. The number of benzene rings is 2. The number of thioether (sulfide) groups is 1. The van der Waals surface area contributed by atoms with Gasteiger partial charge in [0.25, 0.3) is 0 Å². The van der Waals surface area contributed by atoms with Crippen LogP contribution in [0.3, 0.4) is 0 Å². The molecular weight excluding hydrogens is 426 g/mol. The van der Waals surface area contributed by atoms with E-state index in [2.05, 4.69) is 26.1 Å². The minimum absolute atomic E-state index is 0.573. The zero-order valence-corrected chi connectivity index (χ0v) is 16.7. The topological polar surface area (TPSA) is 53.1 Å². The van der Waals surface area contributed by atoms with Crippen LogP contribution in [0.1, 0.15) is 0 Å². The van der Waals surface area contributed by atoms with Crippen molar-refractivity contribution in [1.29, 1.82) is 0 Å². The van der Waals surface area contributed by atoms with E-state index < -0.39 is 0 Å². The summed E-state index contributed by atoms with van der Waals surface area (Å²) >= 11 is 5.02. The molecule has 2 heterocycles. The maximum atomic E-state index is 5.79. The summed E-state index contributed by atoms with van der Waals surface area (Å²) in [6.45, 7) is 0.573. The molecule has 0 saturated heterocycles. The Balaban J connectivity index is 1.50. The minimum atomic E-state index is 0.573. The van der Waals surface area contributed by atoms with E-state index in [9.17, 15) is 0 Å². The fourth-order valence-electron chi connectivity index (χ4n) is 2.56. The number of hydrogen-bond donors (Lipinski definition) is 0. The Kier molecular flexibility index (Phi) is 5.60. The summed E-state index contributed by atoms with van der Waals surface area (Å²) in [5, 5.41) is 9.49. The molecule has 0 atom stereocenters. The van der Waals surface area contributed by atoms with Crippen LogP contribution in [0, 0.1) is 0 Å². The number of furan rings is 1. The number of nitrogens with zero attached hydrogens (tertiary/aromatic N) is 3. The fraction of sp³-hybridized carbons (Fsp3) is 0.100. The molecule has 0 saturated carbocycles. The molecule has 4 aromatic rings. The molecule has 0 aliphatic heterocycles. The van der Waals surface area contributed by atoms with E-state index >= 15 is 0 Å². The lowest BCUT2D eigenvalue weighted by Crippen LogP contribution is -2.03. The first-order valence-corrected chi connectivity index (χ1v) is 10.1. The highest BCUT2D eigenvalue weighted by Gasteiger charge is 2.17. The van der Waals surface area contributed by atoms with Crippen LogP contribution in [-0.4, -0.2) is 27.1 Å². The molecule has 0 unspecified atom stereocenters. The number of rotatable bonds is 7. The number of hydrogen-bond acceptors (Lipinski definition) is 5. The van der Waals surface area contributed by atoms with Crippen molar-refractivity contribution in [2.24, 2.45) is 0 Å². The van der Waals surface area contributed by atoms with Gasteiger partial charge in [-0.05, 0) is 48.5 Å². The average Bonchev–Trinajstić information content (AvgIpc) is 3.37. The third-order valence-corrected chi connectivity index (χ3v) is 5.21. The van der Waals surface area contributed by atoms with Gasteiger partial charge in [-0.15, -0.1) is 10.2 Å². The summed E-state index contributed by atoms with van der Waals surface area (Å²) in [4.78, 5) is 0. The standard InChI is InChI=1S/C20H16BrN3O2S/c21-15-8-10-17(11-9-15)25-13-14-27-20-23-22-19(18-7-4-12-26-18)24(20)16-5-2-1-3-6-16/h1-12H,13-14H2. The van der Waals surface area contributed by atoms with Gasteiger partial charge < -0.3 is 9.15 Å². The Labute approximate surface area is 169 Å². The Morgan fingerprint density at radius 1 is 0.963 bits per heavy atom. The SMILES string of the molecule is Brc1ccc(OCCSc2nnc(-c3ccco3)n2-c2ccccc2)cc1. The molecular formula is C20H16BrN3O2S. The van der Waals surface area contributed by atoms with Gasteiger partial charge in [0.15, 0.2) is 10.9 Å². The van der Waals surface area contributed by atoms with Crippen LogP contribution in [-0.2, 0) is 0 Å². The first-order chi connectivity index (χ1) is 13.3. The second kappa shape index (κ2) is 8.45. The average molecular weight is 442 g/mol. The highest BCUT2D eigenvalue weighted by atomic mass is 79.9. The van der Waals surface area contributed by atoms with Crippen molar-refractivity contribution in [2.75, 3.05) is 12.4 Å². The van der Waals surface area contributed by atoms with Crippen LogP contribution in [0.25, 0.3) is 17.3 Å². The number of halogens is 1. The molecule has 0 aliphatic rings. The number of aromatic nitrogens is 3. The van der Waals surface area contributed by atoms with Crippen molar-refractivity contribution in [3.8, 4) is 23.0 Å². The van der Waals surface area contributed by atoms with Crippen molar-refractivity contribution in [3.05, 3.63) is 77.5 Å². The molecule has 0 fully saturated rings. The molecule has 27 heavy (non-hydrogen) atoms. The zero-order valence-electron chi connectivity index (χ0n) is 14.3. The van der Waals surface area contributed by atoms with Crippen molar-refractivity contribution in [1.82, 2.24) is 14.8 Å². The predicted octanol–water partition coefficient (Wildman–Crippen LogP) is 5.46. The van der Waals surface area contributed by atoms with Crippen LogP contribution in [0.15, 0.2) is 87.0 Å². The molecule has 2 aromatic carbocycles. The second-order valence-corrected chi connectivity index (χ2v) is 7.58. The largest absolute Gasteiger partial charge is 0.493 e. The summed E-state index contributed by atoms with van der Waals surface area (Å²) < 4.78 is 14.4. The van der Waals surface area contributed by atoms with Gasteiger partial charge in [-0.1, -0.05) is 45.9 Å².